The number of ether oxygens (including phenoxy) is 2. The number of hydrogen-bond acceptors (Lipinski definition) is 3. The zero-order valence-corrected chi connectivity index (χ0v) is 12.8. The molecular weight excluding hydrogens is 262 g/mol. The van der Waals surface area contributed by atoms with Gasteiger partial charge in [-0.3, -0.25) is 0 Å². The second kappa shape index (κ2) is 9.18. The molecule has 0 aromatic heterocycles. The fraction of sp³-hybridized carbons (Fsp3) is 0.600. The molecule has 19 heavy (non-hydrogen) atoms. The predicted molar refractivity (Wildman–Crippen MR) is 80.0 cm³/mol. The van der Waals surface area contributed by atoms with Gasteiger partial charge in [0.05, 0.1) is 6.61 Å². The molecule has 0 aliphatic heterocycles. The molecule has 0 aliphatic carbocycles. The van der Waals surface area contributed by atoms with Gasteiger partial charge in [0.2, 0.25) is 0 Å². The normalized spacial score (nSPS) is 11.0. The third-order valence-corrected chi connectivity index (χ3v) is 3.12. The van der Waals surface area contributed by atoms with Crippen LogP contribution in [0.2, 0.25) is 5.02 Å². The zero-order chi connectivity index (χ0) is 14.1. The van der Waals surface area contributed by atoms with E-state index >= 15 is 0 Å². The van der Waals surface area contributed by atoms with Gasteiger partial charge in [0, 0.05) is 36.9 Å². The summed E-state index contributed by atoms with van der Waals surface area (Å²) < 4.78 is 10.8. The minimum Gasteiger partial charge on any atom is -0.493 e. The molecule has 0 unspecified atom stereocenters. The maximum Gasteiger partial charge on any atom is 0.125 e. The molecule has 4 heteroatoms. The smallest absolute Gasteiger partial charge is 0.125 e. The number of benzene rings is 1. The van der Waals surface area contributed by atoms with E-state index in [-0.39, 0.29) is 0 Å². The van der Waals surface area contributed by atoms with E-state index in [4.69, 9.17) is 21.1 Å². The Kier molecular flexibility index (Phi) is 7.87. The van der Waals surface area contributed by atoms with E-state index in [1.807, 2.05) is 18.2 Å². The minimum atomic E-state index is 0.422. The molecule has 3 nitrogen and oxygen atoms in total. The highest BCUT2D eigenvalue weighted by molar-refractivity contribution is 6.31. The van der Waals surface area contributed by atoms with Crippen molar-refractivity contribution in [2.45, 2.75) is 39.3 Å². The summed E-state index contributed by atoms with van der Waals surface area (Å²) in [6.07, 6.45) is 1.99. The molecule has 1 rings (SSSR count). The Morgan fingerprint density at radius 1 is 1.21 bits per heavy atom. The highest BCUT2D eigenvalue weighted by atomic mass is 35.5. The molecule has 1 aromatic rings. The van der Waals surface area contributed by atoms with Gasteiger partial charge >= 0.3 is 0 Å². The number of rotatable bonds is 9. The Morgan fingerprint density at radius 2 is 1.95 bits per heavy atom. The summed E-state index contributed by atoms with van der Waals surface area (Å²) in [5.41, 5.74) is 1.03. The molecule has 0 saturated heterocycles. The van der Waals surface area contributed by atoms with Crippen LogP contribution in [-0.4, -0.2) is 26.4 Å². The van der Waals surface area contributed by atoms with Crippen LogP contribution in [0.25, 0.3) is 0 Å². The van der Waals surface area contributed by atoms with Crippen LogP contribution in [0.15, 0.2) is 18.2 Å². The third kappa shape index (κ3) is 6.28. The Hall–Kier alpha value is -0.770. The number of unbranched alkanes of at least 4 members (excludes halogenated alkanes) is 1. The second-order valence-electron chi connectivity index (χ2n) is 4.80. The Morgan fingerprint density at radius 3 is 2.63 bits per heavy atom. The lowest BCUT2D eigenvalue weighted by molar-refractivity contribution is 0.184. The molecule has 0 amide bonds. The van der Waals surface area contributed by atoms with Crippen molar-refractivity contribution in [3.8, 4) is 5.75 Å². The van der Waals surface area contributed by atoms with Crippen molar-refractivity contribution in [1.29, 1.82) is 0 Å². The van der Waals surface area contributed by atoms with Crippen LogP contribution >= 0.6 is 11.6 Å². The molecule has 108 valence electrons. The zero-order valence-electron chi connectivity index (χ0n) is 12.0. The molecule has 0 saturated carbocycles. The van der Waals surface area contributed by atoms with E-state index in [2.05, 4.69) is 19.2 Å². The lowest BCUT2D eigenvalue weighted by atomic mass is 10.2. The molecule has 0 fully saturated rings. The first kappa shape index (κ1) is 16.3. The van der Waals surface area contributed by atoms with Gasteiger partial charge in [-0.05, 0) is 25.0 Å². The molecule has 0 atom stereocenters. The van der Waals surface area contributed by atoms with Crippen LogP contribution in [0.3, 0.4) is 0 Å². The molecule has 0 aliphatic rings. The topological polar surface area (TPSA) is 30.5 Å². The summed E-state index contributed by atoms with van der Waals surface area (Å²) in [4.78, 5) is 0. The Balaban J connectivity index is 2.53. The van der Waals surface area contributed by atoms with Gasteiger partial charge in [-0.1, -0.05) is 31.5 Å². The van der Waals surface area contributed by atoms with Crippen molar-refractivity contribution in [1.82, 2.24) is 5.32 Å². The molecule has 1 aromatic carbocycles. The number of halogens is 1. The Bertz CT molecular complexity index is 369. The molecule has 0 bridgehead atoms. The molecule has 0 spiro atoms. The number of hydrogen-bond donors (Lipinski definition) is 1. The minimum absolute atomic E-state index is 0.422. The predicted octanol–water partition coefficient (Wildman–Crippen LogP) is 3.64. The fourth-order valence-corrected chi connectivity index (χ4v) is 1.92. The summed E-state index contributed by atoms with van der Waals surface area (Å²) in [5.74, 6) is 0.873. The number of methoxy groups -OCH3 is 1. The first-order chi connectivity index (χ1) is 9.15. The second-order valence-corrected chi connectivity index (χ2v) is 5.21. The summed E-state index contributed by atoms with van der Waals surface area (Å²) >= 11 is 6.24. The van der Waals surface area contributed by atoms with Gasteiger partial charge < -0.3 is 14.8 Å². The van der Waals surface area contributed by atoms with E-state index in [1.165, 1.54) is 0 Å². The summed E-state index contributed by atoms with van der Waals surface area (Å²) in [5, 5.41) is 4.12. The van der Waals surface area contributed by atoms with Crippen molar-refractivity contribution in [2.75, 3.05) is 20.3 Å². The molecule has 1 N–H and O–H groups in total. The lowest BCUT2D eigenvalue weighted by Gasteiger charge is -2.15. The SMILES string of the molecule is COCCCCOc1cccc(Cl)c1CNC(C)C. The molecule has 0 heterocycles. The third-order valence-electron chi connectivity index (χ3n) is 2.76. The van der Waals surface area contributed by atoms with Crippen LogP contribution in [0.4, 0.5) is 0 Å². The largest absolute Gasteiger partial charge is 0.493 e. The van der Waals surface area contributed by atoms with Crippen molar-refractivity contribution in [3.63, 3.8) is 0 Å². The molecule has 0 radical (unpaired) electrons. The first-order valence-electron chi connectivity index (χ1n) is 6.77. The maximum absolute atomic E-state index is 6.24. The van der Waals surface area contributed by atoms with Gasteiger partial charge in [-0.2, -0.15) is 0 Å². The average Bonchev–Trinajstić information content (AvgIpc) is 2.37. The van der Waals surface area contributed by atoms with Crippen LogP contribution in [0.1, 0.15) is 32.3 Å². The fourth-order valence-electron chi connectivity index (χ4n) is 1.68. The standard InChI is InChI=1S/C15H24ClNO2/c1-12(2)17-11-13-14(16)7-6-8-15(13)19-10-5-4-9-18-3/h6-8,12,17H,4-5,9-11H2,1-3H3. The summed E-state index contributed by atoms with van der Waals surface area (Å²) in [7, 11) is 1.72. The van der Waals surface area contributed by atoms with Crippen molar-refractivity contribution >= 4 is 11.6 Å². The number of nitrogens with one attached hydrogen (secondary N) is 1. The highest BCUT2D eigenvalue weighted by Gasteiger charge is 2.08. The van der Waals surface area contributed by atoms with Gasteiger partial charge in [-0.25, -0.2) is 0 Å². The van der Waals surface area contributed by atoms with Gasteiger partial charge in [0.15, 0.2) is 0 Å². The molecular formula is C15H24ClNO2. The van der Waals surface area contributed by atoms with Crippen molar-refractivity contribution in [2.24, 2.45) is 0 Å². The van der Waals surface area contributed by atoms with E-state index < -0.39 is 0 Å². The van der Waals surface area contributed by atoms with E-state index in [0.29, 0.717) is 12.6 Å². The van der Waals surface area contributed by atoms with E-state index in [1.54, 1.807) is 7.11 Å². The van der Waals surface area contributed by atoms with E-state index in [0.717, 1.165) is 42.3 Å². The van der Waals surface area contributed by atoms with Gasteiger partial charge in [-0.15, -0.1) is 0 Å². The maximum atomic E-state index is 6.24. The Labute approximate surface area is 121 Å². The van der Waals surface area contributed by atoms with Gasteiger partial charge in [0.25, 0.3) is 0 Å². The van der Waals surface area contributed by atoms with Crippen LogP contribution in [0.5, 0.6) is 5.75 Å². The van der Waals surface area contributed by atoms with Crippen LogP contribution < -0.4 is 10.1 Å². The lowest BCUT2D eigenvalue weighted by Crippen LogP contribution is -2.22. The van der Waals surface area contributed by atoms with Crippen molar-refractivity contribution < 1.29 is 9.47 Å². The van der Waals surface area contributed by atoms with E-state index in [9.17, 15) is 0 Å². The van der Waals surface area contributed by atoms with Crippen LogP contribution in [0, 0.1) is 0 Å². The average molecular weight is 286 g/mol. The van der Waals surface area contributed by atoms with Gasteiger partial charge in [0.1, 0.15) is 5.75 Å². The highest BCUT2D eigenvalue weighted by Crippen LogP contribution is 2.26. The monoisotopic (exact) mass is 285 g/mol. The summed E-state index contributed by atoms with van der Waals surface area (Å²) in [6, 6.07) is 6.22. The summed E-state index contributed by atoms with van der Waals surface area (Å²) in [6.45, 7) is 6.42. The van der Waals surface area contributed by atoms with Crippen molar-refractivity contribution in [3.05, 3.63) is 28.8 Å². The van der Waals surface area contributed by atoms with Crippen LogP contribution in [-0.2, 0) is 11.3 Å². The first-order valence-corrected chi connectivity index (χ1v) is 7.15. The quantitative estimate of drug-likeness (QED) is 0.703.